The largest absolute Gasteiger partial charge is 0.325 e. The maximum absolute atomic E-state index is 6.12. The fourth-order valence-electron chi connectivity index (χ4n) is 2.99. The summed E-state index contributed by atoms with van der Waals surface area (Å²) in [4.78, 5) is 4.80. The molecule has 0 radical (unpaired) electrons. The van der Waals surface area contributed by atoms with E-state index in [9.17, 15) is 0 Å². The molecular formula is C15H20ClN3. The third-order valence-corrected chi connectivity index (χ3v) is 4.07. The predicted octanol–water partition coefficient (Wildman–Crippen LogP) is 3.57. The van der Waals surface area contributed by atoms with Gasteiger partial charge in [-0.25, -0.2) is 4.98 Å². The fourth-order valence-corrected chi connectivity index (χ4v) is 3.15. The normalized spacial score (nSPS) is 19.7. The molecule has 19 heavy (non-hydrogen) atoms. The molecule has 0 saturated carbocycles. The first kappa shape index (κ1) is 12.9. The Morgan fingerprint density at radius 3 is 3.00 bits per heavy atom. The van der Waals surface area contributed by atoms with Crippen LogP contribution >= 0.6 is 11.6 Å². The number of hydrogen-bond acceptors (Lipinski definition) is 2. The van der Waals surface area contributed by atoms with Gasteiger partial charge in [0.05, 0.1) is 11.0 Å². The molecule has 1 aliphatic rings. The SMILES string of the molecule is CC(C)n1c(CC2CCCN2)nc2ccc(Cl)cc21. The van der Waals surface area contributed by atoms with E-state index in [1.807, 2.05) is 18.2 Å². The first-order valence-corrected chi connectivity index (χ1v) is 7.42. The van der Waals surface area contributed by atoms with Crippen LogP contribution in [0.3, 0.4) is 0 Å². The highest BCUT2D eigenvalue weighted by molar-refractivity contribution is 6.31. The minimum Gasteiger partial charge on any atom is -0.325 e. The van der Waals surface area contributed by atoms with Gasteiger partial charge >= 0.3 is 0 Å². The molecule has 102 valence electrons. The molecule has 2 aromatic rings. The number of halogens is 1. The summed E-state index contributed by atoms with van der Waals surface area (Å²) in [7, 11) is 0. The quantitative estimate of drug-likeness (QED) is 0.930. The molecule has 3 rings (SSSR count). The zero-order valence-corrected chi connectivity index (χ0v) is 12.2. The van der Waals surface area contributed by atoms with Gasteiger partial charge in [-0.15, -0.1) is 0 Å². The van der Waals surface area contributed by atoms with Crippen LogP contribution in [0.15, 0.2) is 18.2 Å². The average Bonchev–Trinajstić information content (AvgIpc) is 2.96. The molecule has 1 atom stereocenters. The van der Waals surface area contributed by atoms with Crippen LogP contribution < -0.4 is 5.32 Å². The monoisotopic (exact) mass is 277 g/mol. The van der Waals surface area contributed by atoms with Crippen LogP contribution in [0, 0.1) is 0 Å². The van der Waals surface area contributed by atoms with Crippen molar-refractivity contribution in [3.05, 3.63) is 29.0 Å². The van der Waals surface area contributed by atoms with Gasteiger partial charge in [0.25, 0.3) is 0 Å². The Bertz CT molecular complexity index is 582. The second kappa shape index (κ2) is 5.14. The maximum atomic E-state index is 6.12. The number of hydrogen-bond donors (Lipinski definition) is 1. The standard InChI is InChI=1S/C15H20ClN3/c1-10(2)19-14-8-11(16)5-6-13(14)18-15(19)9-12-4-3-7-17-12/h5-6,8,10,12,17H,3-4,7,9H2,1-2H3. The van der Waals surface area contributed by atoms with Gasteiger partial charge in [0.2, 0.25) is 0 Å². The third-order valence-electron chi connectivity index (χ3n) is 3.83. The van der Waals surface area contributed by atoms with Gasteiger partial charge in [-0.1, -0.05) is 11.6 Å². The highest BCUT2D eigenvalue weighted by Gasteiger charge is 2.20. The highest BCUT2D eigenvalue weighted by atomic mass is 35.5. The Kier molecular flexibility index (Phi) is 3.50. The van der Waals surface area contributed by atoms with E-state index in [1.165, 1.54) is 18.7 Å². The topological polar surface area (TPSA) is 29.9 Å². The Labute approximate surface area is 119 Å². The summed E-state index contributed by atoms with van der Waals surface area (Å²) >= 11 is 6.12. The van der Waals surface area contributed by atoms with Crippen LogP contribution in [-0.2, 0) is 6.42 Å². The van der Waals surface area contributed by atoms with E-state index < -0.39 is 0 Å². The van der Waals surface area contributed by atoms with Crippen LogP contribution in [0.2, 0.25) is 5.02 Å². The van der Waals surface area contributed by atoms with Crippen molar-refractivity contribution in [2.24, 2.45) is 0 Å². The van der Waals surface area contributed by atoms with Gasteiger partial charge in [-0.05, 0) is 51.4 Å². The van der Waals surface area contributed by atoms with Gasteiger partial charge in [-0.2, -0.15) is 0 Å². The van der Waals surface area contributed by atoms with Crippen LogP contribution in [0.5, 0.6) is 0 Å². The van der Waals surface area contributed by atoms with Crippen LogP contribution in [0.25, 0.3) is 11.0 Å². The molecule has 1 aromatic carbocycles. The minimum absolute atomic E-state index is 0.403. The number of nitrogens with one attached hydrogen (secondary N) is 1. The van der Waals surface area contributed by atoms with E-state index in [0.29, 0.717) is 12.1 Å². The van der Waals surface area contributed by atoms with Gasteiger partial charge in [-0.3, -0.25) is 0 Å². The Morgan fingerprint density at radius 1 is 1.47 bits per heavy atom. The number of rotatable bonds is 3. The van der Waals surface area contributed by atoms with E-state index in [2.05, 4.69) is 23.7 Å². The summed E-state index contributed by atoms with van der Waals surface area (Å²) in [5.41, 5.74) is 2.20. The molecule has 2 heterocycles. The summed E-state index contributed by atoms with van der Waals surface area (Å²) in [5.74, 6) is 1.17. The predicted molar refractivity (Wildman–Crippen MR) is 79.9 cm³/mol. The van der Waals surface area contributed by atoms with Crippen LogP contribution in [0.4, 0.5) is 0 Å². The summed E-state index contributed by atoms with van der Waals surface area (Å²) in [6.45, 7) is 5.54. The van der Waals surface area contributed by atoms with Gasteiger partial charge in [0, 0.05) is 23.5 Å². The van der Waals surface area contributed by atoms with Crippen molar-refractivity contribution in [2.45, 2.75) is 45.2 Å². The molecular weight excluding hydrogens is 258 g/mol. The van der Waals surface area contributed by atoms with E-state index in [4.69, 9.17) is 16.6 Å². The number of fused-ring (bicyclic) bond motifs is 1. The number of aromatic nitrogens is 2. The summed E-state index contributed by atoms with van der Waals surface area (Å²) in [6.07, 6.45) is 3.53. The van der Waals surface area contributed by atoms with Crippen molar-refractivity contribution in [1.29, 1.82) is 0 Å². The molecule has 1 fully saturated rings. The lowest BCUT2D eigenvalue weighted by molar-refractivity contribution is 0.530. The smallest absolute Gasteiger partial charge is 0.111 e. The van der Waals surface area contributed by atoms with E-state index in [1.54, 1.807) is 0 Å². The number of nitrogens with zero attached hydrogens (tertiary/aromatic N) is 2. The molecule has 0 spiro atoms. The first-order chi connectivity index (χ1) is 9.15. The zero-order chi connectivity index (χ0) is 13.4. The lowest BCUT2D eigenvalue weighted by Gasteiger charge is -2.15. The summed E-state index contributed by atoms with van der Waals surface area (Å²) < 4.78 is 2.32. The molecule has 1 N–H and O–H groups in total. The number of imidazole rings is 1. The van der Waals surface area contributed by atoms with Crippen molar-refractivity contribution in [1.82, 2.24) is 14.9 Å². The lowest BCUT2D eigenvalue weighted by atomic mass is 10.1. The molecule has 4 heteroatoms. The first-order valence-electron chi connectivity index (χ1n) is 7.05. The maximum Gasteiger partial charge on any atom is 0.111 e. The Morgan fingerprint density at radius 2 is 2.32 bits per heavy atom. The molecule has 1 saturated heterocycles. The van der Waals surface area contributed by atoms with E-state index >= 15 is 0 Å². The number of benzene rings is 1. The van der Waals surface area contributed by atoms with E-state index in [-0.39, 0.29) is 0 Å². The Balaban J connectivity index is 2.04. The zero-order valence-electron chi connectivity index (χ0n) is 11.5. The molecule has 0 amide bonds. The third kappa shape index (κ3) is 2.49. The highest BCUT2D eigenvalue weighted by Crippen LogP contribution is 2.25. The van der Waals surface area contributed by atoms with Crippen molar-refractivity contribution in [3.8, 4) is 0 Å². The molecule has 1 aromatic heterocycles. The molecule has 1 aliphatic heterocycles. The van der Waals surface area contributed by atoms with Crippen LogP contribution in [0.1, 0.15) is 38.6 Å². The minimum atomic E-state index is 0.403. The molecule has 0 bridgehead atoms. The lowest BCUT2D eigenvalue weighted by Crippen LogP contribution is -2.25. The van der Waals surface area contributed by atoms with Gasteiger partial charge in [0.15, 0.2) is 0 Å². The average molecular weight is 278 g/mol. The van der Waals surface area contributed by atoms with Crippen molar-refractivity contribution < 1.29 is 0 Å². The van der Waals surface area contributed by atoms with Crippen LogP contribution in [-0.4, -0.2) is 22.1 Å². The Hall–Kier alpha value is -1.06. The summed E-state index contributed by atoms with van der Waals surface area (Å²) in [5, 5.41) is 4.33. The van der Waals surface area contributed by atoms with E-state index in [0.717, 1.165) is 29.0 Å². The second-order valence-corrected chi connectivity index (χ2v) is 6.06. The fraction of sp³-hybridized carbons (Fsp3) is 0.533. The van der Waals surface area contributed by atoms with Crippen molar-refractivity contribution in [2.75, 3.05) is 6.54 Å². The van der Waals surface area contributed by atoms with Gasteiger partial charge in [0.1, 0.15) is 5.82 Å². The van der Waals surface area contributed by atoms with Gasteiger partial charge < -0.3 is 9.88 Å². The molecule has 3 nitrogen and oxygen atoms in total. The molecule has 0 aliphatic carbocycles. The summed E-state index contributed by atoms with van der Waals surface area (Å²) in [6, 6.07) is 6.93. The van der Waals surface area contributed by atoms with Crippen molar-refractivity contribution >= 4 is 22.6 Å². The van der Waals surface area contributed by atoms with Crippen molar-refractivity contribution in [3.63, 3.8) is 0 Å². The molecule has 1 unspecified atom stereocenters. The second-order valence-electron chi connectivity index (χ2n) is 5.62.